The van der Waals surface area contributed by atoms with E-state index in [0.29, 0.717) is 25.4 Å². The maximum absolute atomic E-state index is 14.0. The monoisotopic (exact) mass is 454 g/mol. The second kappa shape index (κ2) is 14.5. The number of nitrogens with zero attached hydrogens (tertiary/aromatic N) is 1. The van der Waals surface area contributed by atoms with Crippen LogP contribution in [0.5, 0.6) is 0 Å². The number of benzene rings is 1. The van der Waals surface area contributed by atoms with E-state index in [2.05, 4.69) is 15.5 Å². The Kier molecular flexibility index (Phi) is 13.7. The van der Waals surface area contributed by atoms with E-state index in [9.17, 15) is 14.0 Å². The summed E-state index contributed by atoms with van der Waals surface area (Å²) >= 11 is 0. The molecule has 0 aliphatic carbocycles. The van der Waals surface area contributed by atoms with E-state index in [-0.39, 0.29) is 67.8 Å². The number of hydrogen-bond donors (Lipinski definition) is 3. The summed E-state index contributed by atoms with van der Waals surface area (Å²) in [6.07, 6.45) is -0.0435. The Morgan fingerprint density at radius 2 is 1.93 bits per heavy atom. The molecule has 1 aliphatic heterocycles. The number of carbonyl (C=O) groups is 2. The van der Waals surface area contributed by atoms with Crippen molar-refractivity contribution in [3.8, 4) is 0 Å². The molecule has 0 spiro atoms. The van der Waals surface area contributed by atoms with E-state index in [0.717, 1.165) is 13.1 Å². The Bertz CT molecular complexity index is 644. The summed E-state index contributed by atoms with van der Waals surface area (Å²) in [6, 6.07) is 4.02. The van der Waals surface area contributed by atoms with Crippen LogP contribution in [0.3, 0.4) is 0 Å². The lowest BCUT2D eigenvalue weighted by atomic mass is 10.2. The van der Waals surface area contributed by atoms with Gasteiger partial charge >= 0.3 is 0 Å². The molecule has 2 amide bonds. The van der Waals surface area contributed by atoms with Crippen molar-refractivity contribution in [1.29, 1.82) is 0 Å². The first kappa shape index (κ1) is 27.5. The minimum atomic E-state index is -0.565. The van der Waals surface area contributed by atoms with Crippen LogP contribution < -0.4 is 16.4 Å². The lowest BCUT2D eigenvalue weighted by molar-refractivity contribution is -0.118. The first-order valence-corrected chi connectivity index (χ1v) is 8.94. The molecule has 1 fully saturated rings. The summed E-state index contributed by atoms with van der Waals surface area (Å²) in [5, 5.41) is 5.21. The lowest BCUT2D eigenvalue weighted by Gasteiger charge is -2.26. The Hall–Kier alpha value is -1.49. The summed E-state index contributed by atoms with van der Waals surface area (Å²) in [4.78, 5) is 26.2. The normalized spacial score (nSPS) is 14.9. The predicted molar refractivity (Wildman–Crippen MR) is 114 cm³/mol. The van der Waals surface area contributed by atoms with Crippen LogP contribution in [0, 0.1) is 5.82 Å². The number of nitrogens with one attached hydrogen (secondary N) is 2. The number of rotatable bonds is 9. The van der Waals surface area contributed by atoms with Gasteiger partial charge in [-0.05, 0) is 18.2 Å². The van der Waals surface area contributed by atoms with Crippen molar-refractivity contribution in [2.24, 2.45) is 5.73 Å². The van der Waals surface area contributed by atoms with E-state index >= 15 is 0 Å². The van der Waals surface area contributed by atoms with E-state index in [1.165, 1.54) is 25.3 Å². The van der Waals surface area contributed by atoms with Crippen molar-refractivity contribution >= 4 is 48.0 Å². The van der Waals surface area contributed by atoms with Crippen molar-refractivity contribution in [2.75, 3.05) is 57.1 Å². The quantitative estimate of drug-likeness (QED) is 0.523. The van der Waals surface area contributed by atoms with Crippen LogP contribution in [0.15, 0.2) is 18.2 Å². The second-order valence-electron chi connectivity index (χ2n) is 6.29. The Morgan fingerprint density at radius 1 is 1.24 bits per heavy atom. The Balaban J connectivity index is 0.00000392. The number of nitrogens with two attached hydrogens (primary N) is 1. The standard InChI is InChI=1S/C18H27FN4O4.2ClH/c1-26-14(12-20)11-18(25)21-13-2-3-15(19)16(10-13)22-17(24)4-5-23-6-8-27-9-7-23;;/h2-3,10,14H,4-9,11-12,20H2,1H3,(H,21,25)(H,22,24);2*1H. The highest BCUT2D eigenvalue weighted by molar-refractivity contribution is 5.94. The Morgan fingerprint density at radius 3 is 2.55 bits per heavy atom. The highest BCUT2D eigenvalue weighted by Gasteiger charge is 2.15. The third-order valence-electron chi connectivity index (χ3n) is 4.29. The molecule has 0 saturated carbocycles. The number of anilines is 2. The maximum atomic E-state index is 14.0. The molecule has 0 radical (unpaired) electrons. The molecule has 1 aliphatic rings. The van der Waals surface area contributed by atoms with Crippen molar-refractivity contribution in [3.63, 3.8) is 0 Å². The zero-order valence-corrected chi connectivity index (χ0v) is 18.0. The van der Waals surface area contributed by atoms with Gasteiger partial charge in [-0.3, -0.25) is 14.5 Å². The van der Waals surface area contributed by atoms with Crippen LogP contribution in [-0.2, 0) is 19.1 Å². The van der Waals surface area contributed by atoms with Gasteiger partial charge in [0, 0.05) is 45.4 Å². The fourth-order valence-corrected chi connectivity index (χ4v) is 2.68. The molecule has 1 aromatic carbocycles. The molecule has 1 heterocycles. The van der Waals surface area contributed by atoms with E-state index in [4.69, 9.17) is 15.2 Å². The largest absolute Gasteiger partial charge is 0.380 e. The minimum absolute atomic E-state index is 0. The Labute approximate surface area is 182 Å². The number of morpholine rings is 1. The van der Waals surface area contributed by atoms with Crippen molar-refractivity contribution < 1.29 is 23.5 Å². The van der Waals surface area contributed by atoms with Gasteiger partial charge in [0.15, 0.2) is 0 Å². The molecule has 166 valence electrons. The summed E-state index contributed by atoms with van der Waals surface area (Å²) in [7, 11) is 1.48. The van der Waals surface area contributed by atoms with Crippen LogP contribution in [0.2, 0.25) is 0 Å². The predicted octanol–water partition coefficient (Wildman–Crippen LogP) is 1.63. The van der Waals surface area contributed by atoms with Crippen LogP contribution >= 0.6 is 24.8 Å². The number of amides is 2. The molecule has 8 nitrogen and oxygen atoms in total. The van der Waals surface area contributed by atoms with E-state index in [1.807, 2.05) is 0 Å². The van der Waals surface area contributed by atoms with Gasteiger partial charge in [-0.1, -0.05) is 0 Å². The molecule has 0 bridgehead atoms. The number of carbonyl (C=O) groups excluding carboxylic acids is 2. The third-order valence-corrected chi connectivity index (χ3v) is 4.29. The van der Waals surface area contributed by atoms with Gasteiger partial charge in [0.2, 0.25) is 11.8 Å². The highest BCUT2D eigenvalue weighted by atomic mass is 35.5. The number of hydrogen-bond acceptors (Lipinski definition) is 6. The summed E-state index contributed by atoms with van der Waals surface area (Å²) in [6.45, 7) is 3.70. The summed E-state index contributed by atoms with van der Waals surface area (Å²) < 4.78 is 24.3. The zero-order chi connectivity index (χ0) is 19.6. The van der Waals surface area contributed by atoms with Gasteiger partial charge in [0.05, 0.1) is 31.4 Å². The van der Waals surface area contributed by atoms with Crippen molar-refractivity contribution in [3.05, 3.63) is 24.0 Å². The molecule has 4 N–H and O–H groups in total. The SMILES string of the molecule is COC(CN)CC(=O)Nc1ccc(F)c(NC(=O)CCN2CCOCC2)c1.Cl.Cl. The average Bonchev–Trinajstić information content (AvgIpc) is 2.68. The van der Waals surface area contributed by atoms with Gasteiger partial charge in [-0.25, -0.2) is 4.39 Å². The average molecular weight is 455 g/mol. The number of methoxy groups -OCH3 is 1. The maximum Gasteiger partial charge on any atom is 0.227 e. The van der Waals surface area contributed by atoms with Gasteiger partial charge in [-0.15, -0.1) is 24.8 Å². The summed E-state index contributed by atoms with van der Waals surface area (Å²) in [5.74, 6) is -1.15. The number of halogens is 3. The van der Waals surface area contributed by atoms with Crippen molar-refractivity contribution in [2.45, 2.75) is 18.9 Å². The first-order chi connectivity index (χ1) is 13.0. The smallest absolute Gasteiger partial charge is 0.227 e. The van der Waals surface area contributed by atoms with Crippen molar-refractivity contribution in [1.82, 2.24) is 4.90 Å². The van der Waals surface area contributed by atoms with Crippen LogP contribution in [0.25, 0.3) is 0 Å². The van der Waals surface area contributed by atoms with Crippen LogP contribution in [0.4, 0.5) is 15.8 Å². The molecule has 0 aromatic heterocycles. The third kappa shape index (κ3) is 9.70. The highest BCUT2D eigenvalue weighted by Crippen LogP contribution is 2.20. The van der Waals surface area contributed by atoms with Crippen LogP contribution in [-0.4, -0.2) is 69.3 Å². The molecule has 2 rings (SSSR count). The van der Waals surface area contributed by atoms with Gasteiger partial charge in [0.1, 0.15) is 5.82 Å². The fourth-order valence-electron chi connectivity index (χ4n) is 2.68. The molecule has 1 saturated heterocycles. The lowest BCUT2D eigenvalue weighted by Crippen LogP contribution is -2.38. The molecule has 1 unspecified atom stereocenters. The van der Waals surface area contributed by atoms with E-state index in [1.54, 1.807) is 0 Å². The van der Waals surface area contributed by atoms with Crippen LogP contribution in [0.1, 0.15) is 12.8 Å². The molecule has 11 heteroatoms. The first-order valence-electron chi connectivity index (χ1n) is 8.94. The molecule has 1 atom stereocenters. The van der Waals surface area contributed by atoms with Gasteiger partial charge < -0.3 is 25.8 Å². The summed E-state index contributed by atoms with van der Waals surface area (Å²) in [5.41, 5.74) is 5.91. The zero-order valence-electron chi connectivity index (χ0n) is 16.3. The molecule has 1 aromatic rings. The molecular weight excluding hydrogens is 426 g/mol. The molecule has 29 heavy (non-hydrogen) atoms. The fraction of sp³-hybridized carbons (Fsp3) is 0.556. The topological polar surface area (TPSA) is 106 Å². The number of ether oxygens (including phenoxy) is 2. The second-order valence-corrected chi connectivity index (χ2v) is 6.29. The van der Waals surface area contributed by atoms with Gasteiger partial charge in [0.25, 0.3) is 0 Å². The van der Waals surface area contributed by atoms with E-state index < -0.39 is 5.82 Å². The minimum Gasteiger partial charge on any atom is -0.380 e. The van der Waals surface area contributed by atoms with Gasteiger partial charge in [-0.2, -0.15) is 0 Å². The molecular formula is C18H29Cl2FN4O4.